The van der Waals surface area contributed by atoms with Crippen LogP contribution in [0.4, 0.5) is 0 Å². The van der Waals surface area contributed by atoms with Crippen molar-refractivity contribution in [2.45, 2.75) is 38.9 Å². The molecular weight excluding hydrogens is 273 g/mol. The molecule has 2 aromatic carbocycles. The predicted molar refractivity (Wildman–Crippen MR) is 94.0 cm³/mol. The molecule has 4 heteroatoms. The fourth-order valence-corrected chi connectivity index (χ4v) is 2.43. The first kappa shape index (κ1) is 15.1. The van der Waals surface area contributed by atoms with Gasteiger partial charge in [-0.2, -0.15) is 0 Å². The van der Waals surface area contributed by atoms with Gasteiger partial charge in [0.25, 0.3) is 0 Å². The maximum absolute atomic E-state index is 10.2. The summed E-state index contributed by atoms with van der Waals surface area (Å²) in [6, 6.07) is 14.6. The fourth-order valence-electron chi connectivity index (χ4n) is 2.43. The zero-order chi connectivity index (χ0) is 16.0. The Hall–Kier alpha value is -1.78. The van der Waals surface area contributed by atoms with E-state index in [1.54, 1.807) is 13.8 Å². The van der Waals surface area contributed by atoms with E-state index in [9.17, 15) is 5.11 Å². The van der Waals surface area contributed by atoms with Gasteiger partial charge in [-0.25, -0.2) is 0 Å². The lowest BCUT2D eigenvalue weighted by Crippen LogP contribution is -2.49. The lowest BCUT2D eigenvalue weighted by molar-refractivity contribution is -0.0893. The van der Waals surface area contributed by atoms with Crippen LogP contribution in [0.2, 0.25) is 0 Å². The fraction of sp³-hybridized carbons (Fsp3) is 0.333. The van der Waals surface area contributed by atoms with Crippen LogP contribution in [-0.4, -0.2) is 28.8 Å². The molecule has 0 aliphatic carbocycles. The van der Waals surface area contributed by atoms with Crippen LogP contribution in [0.1, 0.15) is 27.7 Å². The lowest BCUT2D eigenvalue weighted by atomic mass is 9.82. The zero-order valence-electron chi connectivity index (χ0n) is 13.6. The summed E-state index contributed by atoms with van der Waals surface area (Å²) >= 11 is 0. The number of aromatic nitrogens is 1. The van der Waals surface area contributed by atoms with Crippen LogP contribution >= 0.6 is 0 Å². The van der Waals surface area contributed by atoms with Crippen LogP contribution < -0.4 is 5.46 Å². The van der Waals surface area contributed by atoms with Crippen LogP contribution in [0.25, 0.3) is 21.8 Å². The first-order valence-corrected chi connectivity index (χ1v) is 7.64. The first-order valence-electron chi connectivity index (χ1n) is 7.64. The molecule has 114 valence electrons. The number of H-pyrrole nitrogens is 1. The van der Waals surface area contributed by atoms with Gasteiger partial charge in [0.2, 0.25) is 0 Å². The Morgan fingerprint density at radius 2 is 1.64 bits per heavy atom. The molecule has 22 heavy (non-hydrogen) atoms. The average Bonchev–Trinajstić information content (AvgIpc) is 2.81. The van der Waals surface area contributed by atoms with Crippen molar-refractivity contribution in [3.8, 4) is 0 Å². The average molecular weight is 295 g/mol. The van der Waals surface area contributed by atoms with Crippen molar-refractivity contribution in [3.05, 3.63) is 42.5 Å². The minimum atomic E-state index is -0.891. The maximum atomic E-state index is 10.2. The molecule has 0 atom stereocenters. The topological polar surface area (TPSA) is 45.2 Å². The van der Waals surface area contributed by atoms with E-state index in [4.69, 9.17) is 4.65 Å². The summed E-state index contributed by atoms with van der Waals surface area (Å²) in [5.41, 5.74) is 1.85. The number of benzene rings is 2. The molecule has 0 saturated heterocycles. The SMILES string of the molecule is CC(C)(O)C(C)(C)OBc1ccc2c(c1)[nH]c1ccccc12. The molecule has 0 radical (unpaired) electrons. The van der Waals surface area contributed by atoms with Gasteiger partial charge in [0.15, 0.2) is 0 Å². The minimum Gasteiger partial charge on any atom is -0.427 e. The van der Waals surface area contributed by atoms with Crippen molar-refractivity contribution >= 4 is 34.8 Å². The standard InChI is InChI=1S/C18H22BNO2/c1-17(2,21)18(3,4)22-19-12-9-10-14-13-7-5-6-8-15(13)20-16(14)11-12/h5-11,19-21H,1-4H3. The Balaban J connectivity index is 1.88. The van der Waals surface area contributed by atoms with Crippen molar-refractivity contribution < 1.29 is 9.76 Å². The van der Waals surface area contributed by atoms with E-state index in [0.717, 1.165) is 16.5 Å². The summed E-state index contributed by atoms with van der Waals surface area (Å²) in [6.07, 6.45) is 0. The van der Waals surface area contributed by atoms with Crippen LogP contribution in [0.15, 0.2) is 42.5 Å². The Kier molecular flexibility index (Phi) is 3.54. The van der Waals surface area contributed by atoms with Crippen LogP contribution in [0.3, 0.4) is 0 Å². The summed E-state index contributed by atoms with van der Waals surface area (Å²) < 4.78 is 5.94. The third kappa shape index (κ3) is 2.64. The number of para-hydroxylation sites is 1. The summed E-state index contributed by atoms with van der Waals surface area (Å²) in [6.45, 7) is 7.37. The van der Waals surface area contributed by atoms with Gasteiger partial charge < -0.3 is 14.7 Å². The molecule has 0 unspecified atom stereocenters. The van der Waals surface area contributed by atoms with Gasteiger partial charge in [-0.15, -0.1) is 0 Å². The van der Waals surface area contributed by atoms with Crippen molar-refractivity contribution in [2.24, 2.45) is 0 Å². The van der Waals surface area contributed by atoms with Crippen molar-refractivity contribution in [2.75, 3.05) is 0 Å². The van der Waals surface area contributed by atoms with E-state index >= 15 is 0 Å². The molecular formula is C18H22BNO2. The normalized spacial score (nSPS) is 13.0. The van der Waals surface area contributed by atoms with Gasteiger partial charge in [-0.3, -0.25) is 0 Å². The number of fused-ring (bicyclic) bond motifs is 3. The van der Waals surface area contributed by atoms with E-state index in [1.807, 2.05) is 19.9 Å². The minimum absolute atomic E-state index is 0.474. The molecule has 1 heterocycles. The van der Waals surface area contributed by atoms with Gasteiger partial charge >= 0.3 is 7.48 Å². The van der Waals surface area contributed by atoms with Crippen molar-refractivity contribution in [1.82, 2.24) is 4.98 Å². The largest absolute Gasteiger partial charge is 0.427 e. The summed E-state index contributed by atoms with van der Waals surface area (Å²) in [5, 5.41) is 12.6. The van der Waals surface area contributed by atoms with Gasteiger partial charge in [0.1, 0.15) is 0 Å². The molecule has 3 nitrogen and oxygen atoms in total. The quantitative estimate of drug-likeness (QED) is 0.727. The van der Waals surface area contributed by atoms with E-state index < -0.39 is 11.2 Å². The van der Waals surface area contributed by atoms with E-state index in [2.05, 4.69) is 41.4 Å². The van der Waals surface area contributed by atoms with Crippen molar-refractivity contribution in [3.63, 3.8) is 0 Å². The van der Waals surface area contributed by atoms with Crippen molar-refractivity contribution in [1.29, 1.82) is 0 Å². The van der Waals surface area contributed by atoms with Crippen LogP contribution in [0, 0.1) is 0 Å². The van der Waals surface area contributed by atoms with E-state index in [1.165, 1.54) is 10.8 Å². The Bertz CT molecular complexity index is 815. The second kappa shape index (κ2) is 5.15. The smallest absolute Gasteiger partial charge is 0.309 e. The lowest BCUT2D eigenvalue weighted by Gasteiger charge is -2.37. The highest BCUT2D eigenvalue weighted by Gasteiger charge is 2.35. The molecule has 0 aliphatic heterocycles. The Morgan fingerprint density at radius 3 is 2.36 bits per heavy atom. The molecule has 2 N–H and O–H groups in total. The number of aliphatic hydroxyl groups is 1. The van der Waals surface area contributed by atoms with Gasteiger partial charge in [-0.05, 0) is 39.8 Å². The molecule has 3 aromatic rings. The first-order chi connectivity index (χ1) is 10.3. The summed E-state index contributed by atoms with van der Waals surface area (Å²) in [7, 11) is 0.474. The van der Waals surface area contributed by atoms with Crippen LogP contribution in [-0.2, 0) is 4.65 Å². The monoisotopic (exact) mass is 295 g/mol. The van der Waals surface area contributed by atoms with E-state index in [0.29, 0.717) is 7.48 Å². The predicted octanol–water partition coefficient (Wildman–Crippen LogP) is 2.86. The summed E-state index contributed by atoms with van der Waals surface area (Å²) in [4.78, 5) is 3.44. The number of hydrogen-bond acceptors (Lipinski definition) is 2. The Morgan fingerprint density at radius 1 is 0.955 bits per heavy atom. The number of aromatic amines is 1. The van der Waals surface area contributed by atoms with Crippen LogP contribution in [0.5, 0.6) is 0 Å². The van der Waals surface area contributed by atoms with E-state index in [-0.39, 0.29) is 0 Å². The third-order valence-corrected chi connectivity index (χ3v) is 4.64. The van der Waals surface area contributed by atoms with Gasteiger partial charge in [-0.1, -0.05) is 35.8 Å². The molecule has 0 aliphatic rings. The van der Waals surface area contributed by atoms with Gasteiger partial charge in [0.05, 0.1) is 11.2 Å². The maximum Gasteiger partial charge on any atom is 0.309 e. The number of rotatable bonds is 4. The molecule has 0 fully saturated rings. The van der Waals surface area contributed by atoms with Gasteiger partial charge in [0, 0.05) is 21.8 Å². The highest BCUT2D eigenvalue weighted by molar-refractivity contribution is 6.47. The number of nitrogens with one attached hydrogen (secondary N) is 1. The molecule has 0 spiro atoms. The second-order valence-electron chi connectivity index (χ2n) is 6.91. The molecule has 0 bridgehead atoms. The molecule has 3 rings (SSSR count). The summed E-state index contributed by atoms with van der Waals surface area (Å²) in [5.74, 6) is 0. The molecule has 0 amide bonds. The molecule has 1 aromatic heterocycles. The highest BCUT2D eigenvalue weighted by Crippen LogP contribution is 2.25. The number of hydrogen-bond donors (Lipinski definition) is 2. The third-order valence-electron chi connectivity index (χ3n) is 4.64. The Labute approximate surface area is 131 Å². The second-order valence-corrected chi connectivity index (χ2v) is 6.91. The highest BCUT2D eigenvalue weighted by atomic mass is 16.5. The molecule has 0 saturated carbocycles. The zero-order valence-corrected chi connectivity index (χ0v) is 13.6.